The molecule has 0 saturated carbocycles. The van der Waals surface area contributed by atoms with E-state index >= 15 is 0 Å². The topological polar surface area (TPSA) is 28.2 Å². The van der Waals surface area contributed by atoms with Crippen LogP contribution in [0.1, 0.15) is 23.7 Å². The van der Waals surface area contributed by atoms with Gasteiger partial charge in [-0.2, -0.15) is 0 Å². The van der Waals surface area contributed by atoms with Gasteiger partial charge in [0.2, 0.25) is 0 Å². The first-order valence-corrected chi connectivity index (χ1v) is 6.35. The Morgan fingerprint density at radius 3 is 3.07 bits per heavy atom. The average Bonchev–Trinajstić information content (AvgIpc) is 2.58. The Hall–Kier alpha value is -0.450. The molecule has 1 N–H and O–H groups in total. The van der Waals surface area contributed by atoms with Gasteiger partial charge in [0.25, 0.3) is 0 Å². The number of nitrogens with zero attached hydrogens (tertiary/aromatic N) is 2. The van der Waals surface area contributed by atoms with E-state index in [1.165, 1.54) is 9.88 Å². The molecule has 2 atom stereocenters. The molecule has 84 valence electrons. The van der Waals surface area contributed by atoms with Crippen LogP contribution in [0.2, 0.25) is 0 Å². The maximum atomic E-state index is 4.30. The number of hydrogen-bond acceptors (Lipinski definition) is 4. The van der Waals surface area contributed by atoms with Crippen LogP contribution < -0.4 is 5.32 Å². The van der Waals surface area contributed by atoms with Gasteiger partial charge in [-0.05, 0) is 20.8 Å². The number of rotatable bonds is 2. The molecular weight excluding hydrogens is 206 g/mol. The molecule has 1 aliphatic heterocycles. The van der Waals surface area contributed by atoms with Crippen LogP contribution in [0.25, 0.3) is 0 Å². The van der Waals surface area contributed by atoms with Gasteiger partial charge in [-0.1, -0.05) is 0 Å². The SMILES string of the molecule is Cc1ncc(CN2CC(C)NCC2C)s1. The molecule has 3 nitrogen and oxygen atoms in total. The standard InChI is InChI=1S/C11H19N3S/c1-8-6-14(9(2)4-12-8)7-11-5-13-10(3)15-11/h5,8-9,12H,4,6-7H2,1-3H3. The average molecular weight is 225 g/mol. The maximum Gasteiger partial charge on any atom is 0.0897 e. The van der Waals surface area contributed by atoms with Gasteiger partial charge in [0, 0.05) is 42.8 Å². The number of nitrogens with one attached hydrogen (secondary N) is 1. The third-order valence-electron chi connectivity index (χ3n) is 2.92. The van der Waals surface area contributed by atoms with Crippen molar-refractivity contribution in [2.45, 2.75) is 39.4 Å². The predicted octanol–water partition coefficient (Wildman–Crippen LogP) is 1.63. The number of hydrogen-bond donors (Lipinski definition) is 1. The molecule has 0 radical (unpaired) electrons. The Labute approximate surface area is 95.5 Å². The predicted molar refractivity (Wildman–Crippen MR) is 64.2 cm³/mol. The van der Waals surface area contributed by atoms with Crippen LogP contribution in [0, 0.1) is 6.92 Å². The minimum absolute atomic E-state index is 0.607. The van der Waals surface area contributed by atoms with Gasteiger partial charge < -0.3 is 5.32 Å². The van der Waals surface area contributed by atoms with Gasteiger partial charge in [0.05, 0.1) is 5.01 Å². The summed E-state index contributed by atoms with van der Waals surface area (Å²) in [4.78, 5) is 8.22. The Morgan fingerprint density at radius 2 is 2.40 bits per heavy atom. The van der Waals surface area contributed by atoms with Crippen LogP contribution >= 0.6 is 11.3 Å². The zero-order valence-electron chi connectivity index (χ0n) is 9.66. The van der Waals surface area contributed by atoms with E-state index in [9.17, 15) is 0 Å². The highest BCUT2D eigenvalue weighted by atomic mass is 32.1. The second kappa shape index (κ2) is 4.60. The Balaban J connectivity index is 1.98. The highest BCUT2D eigenvalue weighted by molar-refractivity contribution is 7.11. The van der Waals surface area contributed by atoms with E-state index in [0.717, 1.165) is 19.6 Å². The first kappa shape index (κ1) is 11.0. The van der Waals surface area contributed by atoms with Crippen molar-refractivity contribution in [1.29, 1.82) is 0 Å². The van der Waals surface area contributed by atoms with Crippen LogP contribution in [0.3, 0.4) is 0 Å². The van der Waals surface area contributed by atoms with Crippen LogP contribution in [0.5, 0.6) is 0 Å². The maximum absolute atomic E-state index is 4.30. The van der Waals surface area contributed by atoms with E-state index in [0.29, 0.717) is 12.1 Å². The molecule has 1 aromatic heterocycles. The Bertz CT molecular complexity index is 323. The molecule has 1 saturated heterocycles. The molecule has 0 spiro atoms. The number of aryl methyl sites for hydroxylation is 1. The fraction of sp³-hybridized carbons (Fsp3) is 0.727. The molecule has 1 fully saturated rings. The van der Waals surface area contributed by atoms with Gasteiger partial charge in [0.1, 0.15) is 0 Å². The number of thiazole rings is 1. The molecule has 2 rings (SSSR count). The smallest absolute Gasteiger partial charge is 0.0897 e. The van der Waals surface area contributed by atoms with E-state index in [1.807, 2.05) is 17.5 Å². The van der Waals surface area contributed by atoms with Crippen LogP contribution in [-0.4, -0.2) is 35.1 Å². The molecular formula is C11H19N3S. The molecule has 0 amide bonds. The molecule has 4 heteroatoms. The zero-order valence-corrected chi connectivity index (χ0v) is 10.5. The van der Waals surface area contributed by atoms with Crippen molar-refractivity contribution in [2.75, 3.05) is 13.1 Å². The summed E-state index contributed by atoms with van der Waals surface area (Å²) in [7, 11) is 0. The van der Waals surface area contributed by atoms with Crippen LogP contribution in [0.15, 0.2) is 6.20 Å². The number of piperazine rings is 1. The fourth-order valence-electron chi connectivity index (χ4n) is 2.00. The minimum Gasteiger partial charge on any atom is -0.311 e. The second-order valence-corrected chi connectivity index (χ2v) is 5.75. The third-order valence-corrected chi connectivity index (χ3v) is 3.82. The van der Waals surface area contributed by atoms with E-state index in [1.54, 1.807) is 0 Å². The molecule has 1 aliphatic rings. The molecule has 2 heterocycles. The highest BCUT2D eigenvalue weighted by Crippen LogP contribution is 2.17. The lowest BCUT2D eigenvalue weighted by Gasteiger charge is -2.37. The van der Waals surface area contributed by atoms with Crippen molar-refractivity contribution in [2.24, 2.45) is 0 Å². The van der Waals surface area contributed by atoms with Gasteiger partial charge in [-0.25, -0.2) is 4.98 Å². The summed E-state index contributed by atoms with van der Waals surface area (Å²) in [6.07, 6.45) is 2.01. The van der Waals surface area contributed by atoms with E-state index in [2.05, 4.69) is 36.0 Å². The summed E-state index contributed by atoms with van der Waals surface area (Å²) in [5.74, 6) is 0. The minimum atomic E-state index is 0.607. The van der Waals surface area contributed by atoms with E-state index in [4.69, 9.17) is 0 Å². The van der Waals surface area contributed by atoms with Gasteiger partial charge in [-0.3, -0.25) is 4.90 Å². The Kier molecular flexibility index (Phi) is 3.38. The summed E-state index contributed by atoms with van der Waals surface area (Å²) >= 11 is 1.81. The van der Waals surface area contributed by atoms with Crippen molar-refractivity contribution in [3.63, 3.8) is 0 Å². The van der Waals surface area contributed by atoms with E-state index < -0.39 is 0 Å². The van der Waals surface area contributed by atoms with Crippen molar-refractivity contribution in [3.05, 3.63) is 16.1 Å². The summed E-state index contributed by atoms with van der Waals surface area (Å²) in [6, 6.07) is 1.24. The Morgan fingerprint density at radius 1 is 1.60 bits per heavy atom. The lowest BCUT2D eigenvalue weighted by atomic mass is 10.1. The van der Waals surface area contributed by atoms with Crippen molar-refractivity contribution < 1.29 is 0 Å². The lowest BCUT2D eigenvalue weighted by Crippen LogP contribution is -2.53. The van der Waals surface area contributed by atoms with Crippen molar-refractivity contribution in [3.8, 4) is 0 Å². The molecule has 2 unspecified atom stereocenters. The molecule has 1 aromatic rings. The van der Waals surface area contributed by atoms with Crippen molar-refractivity contribution >= 4 is 11.3 Å². The quantitative estimate of drug-likeness (QED) is 0.829. The highest BCUT2D eigenvalue weighted by Gasteiger charge is 2.22. The zero-order chi connectivity index (χ0) is 10.8. The van der Waals surface area contributed by atoms with Crippen LogP contribution in [-0.2, 0) is 6.54 Å². The summed E-state index contributed by atoms with van der Waals surface area (Å²) < 4.78 is 0. The van der Waals surface area contributed by atoms with Crippen molar-refractivity contribution in [1.82, 2.24) is 15.2 Å². The molecule has 0 aliphatic carbocycles. The third kappa shape index (κ3) is 2.77. The molecule has 0 bridgehead atoms. The lowest BCUT2D eigenvalue weighted by molar-refractivity contribution is 0.140. The fourth-order valence-corrected chi connectivity index (χ4v) is 2.82. The largest absolute Gasteiger partial charge is 0.311 e. The summed E-state index contributed by atoms with van der Waals surface area (Å²) in [5.41, 5.74) is 0. The van der Waals surface area contributed by atoms with Gasteiger partial charge in [0.15, 0.2) is 0 Å². The first-order valence-electron chi connectivity index (χ1n) is 5.54. The molecule has 15 heavy (non-hydrogen) atoms. The summed E-state index contributed by atoms with van der Waals surface area (Å²) in [6.45, 7) is 9.89. The monoisotopic (exact) mass is 225 g/mol. The first-order chi connectivity index (χ1) is 7.15. The normalized spacial score (nSPS) is 28.2. The number of aromatic nitrogens is 1. The molecule has 0 aromatic carbocycles. The second-order valence-electron chi connectivity index (χ2n) is 4.43. The van der Waals surface area contributed by atoms with Crippen LogP contribution in [0.4, 0.5) is 0 Å². The van der Waals surface area contributed by atoms with E-state index in [-0.39, 0.29) is 0 Å². The van der Waals surface area contributed by atoms with Gasteiger partial charge >= 0.3 is 0 Å². The summed E-state index contributed by atoms with van der Waals surface area (Å²) in [5, 5.41) is 4.67. The van der Waals surface area contributed by atoms with Gasteiger partial charge in [-0.15, -0.1) is 11.3 Å².